The van der Waals surface area contributed by atoms with Crippen molar-refractivity contribution < 1.29 is 14.0 Å². The fourth-order valence-corrected chi connectivity index (χ4v) is 2.66. The molecule has 2 amide bonds. The van der Waals surface area contributed by atoms with E-state index in [1.807, 2.05) is 32.0 Å². The summed E-state index contributed by atoms with van der Waals surface area (Å²) < 4.78 is 13.1. The molecule has 4 nitrogen and oxygen atoms in total. The molecule has 0 aromatic heterocycles. The number of aryl methyl sites for hydroxylation is 2. The van der Waals surface area contributed by atoms with E-state index in [4.69, 9.17) is 0 Å². The van der Waals surface area contributed by atoms with Crippen LogP contribution in [0.5, 0.6) is 0 Å². The Morgan fingerprint density at radius 3 is 2.29 bits per heavy atom. The molecule has 0 bridgehead atoms. The molecule has 126 valence electrons. The lowest BCUT2D eigenvalue weighted by molar-refractivity contribution is -0.117. The summed E-state index contributed by atoms with van der Waals surface area (Å²) in [5.74, 6) is -0.794. The lowest BCUT2D eigenvalue weighted by atomic mass is 10.1. The molecule has 0 atom stereocenters. The molecule has 0 spiro atoms. The van der Waals surface area contributed by atoms with E-state index < -0.39 is 5.82 Å². The van der Waals surface area contributed by atoms with E-state index in [-0.39, 0.29) is 24.8 Å². The molecule has 0 radical (unpaired) electrons. The summed E-state index contributed by atoms with van der Waals surface area (Å²) in [6.07, 6.45) is 0.129. The lowest BCUT2D eigenvalue weighted by Gasteiger charge is -2.25. The van der Waals surface area contributed by atoms with Crippen molar-refractivity contribution in [3.63, 3.8) is 0 Å². The first-order valence-corrected chi connectivity index (χ1v) is 7.78. The summed E-state index contributed by atoms with van der Waals surface area (Å²) in [7, 11) is 0. The van der Waals surface area contributed by atoms with Gasteiger partial charge in [-0.25, -0.2) is 4.39 Å². The van der Waals surface area contributed by atoms with Gasteiger partial charge in [0.25, 0.3) is 0 Å². The number of nitrogens with zero attached hydrogens (tertiary/aromatic N) is 1. The van der Waals surface area contributed by atoms with Crippen LogP contribution in [0.3, 0.4) is 0 Å². The van der Waals surface area contributed by atoms with Crippen LogP contribution in [0.2, 0.25) is 0 Å². The largest absolute Gasteiger partial charge is 0.326 e. The average Bonchev–Trinajstić information content (AvgIpc) is 2.49. The molecule has 0 saturated heterocycles. The maximum Gasteiger partial charge on any atom is 0.226 e. The smallest absolute Gasteiger partial charge is 0.226 e. The first-order valence-electron chi connectivity index (χ1n) is 7.78. The summed E-state index contributed by atoms with van der Waals surface area (Å²) >= 11 is 0. The summed E-state index contributed by atoms with van der Waals surface area (Å²) in [4.78, 5) is 25.7. The van der Waals surface area contributed by atoms with E-state index in [0.717, 1.165) is 16.8 Å². The number of halogens is 1. The van der Waals surface area contributed by atoms with E-state index in [1.165, 1.54) is 25.1 Å². The number of carbonyl (C=O) groups is 2. The van der Waals surface area contributed by atoms with Gasteiger partial charge in [0, 0.05) is 31.3 Å². The van der Waals surface area contributed by atoms with Gasteiger partial charge in [-0.15, -0.1) is 0 Å². The van der Waals surface area contributed by atoms with Crippen LogP contribution >= 0.6 is 0 Å². The number of para-hydroxylation sites is 1. The van der Waals surface area contributed by atoms with E-state index in [2.05, 4.69) is 5.32 Å². The van der Waals surface area contributed by atoms with Gasteiger partial charge in [0.2, 0.25) is 11.8 Å². The van der Waals surface area contributed by atoms with Crippen molar-refractivity contribution in [2.75, 3.05) is 16.8 Å². The van der Waals surface area contributed by atoms with E-state index in [0.29, 0.717) is 5.69 Å². The lowest BCUT2D eigenvalue weighted by Crippen LogP contribution is -2.33. The van der Waals surface area contributed by atoms with Crippen molar-refractivity contribution in [3.8, 4) is 0 Å². The number of rotatable bonds is 5. The van der Waals surface area contributed by atoms with E-state index in [9.17, 15) is 14.0 Å². The molecule has 0 aliphatic heterocycles. The maximum atomic E-state index is 13.1. The zero-order valence-electron chi connectivity index (χ0n) is 14.1. The molecule has 0 unspecified atom stereocenters. The monoisotopic (exact) mass is 328 g/mol. The van der Waals surface area contributed by atoms with Gasteiger partial charge in [0.15, 0.2) is 0 Å². The fraction of sp³-hybridized carbons (Fsp3) is 0.263. The van der Waals surface area contributed by atoms with Crippen molar-refractivity contribution >= 4 is 23.2 Å². The standard InChI is InChI=1S/C19H21FN2O2/c1-13-6-4-7-14(2)19(13)22(15(3)23)11-10-18(24)21-17-9-5-8-16(20)12-17/h4-9,12H,10-11H2,1-3H3,(H,21,24). The van der Waals surface area contributed by atoms with Crippen molar-refractivity contribution in [2.24, 2.45) is 0 Å². The minimum atomic E-state index is -0.409. The molecule has 5 heteroatoms. The molecule has 2 rings (SSSR count). The summed E-state index contributed by atoms with van der Waals surface area (Å²) in [5.41, 5.74) is 3.21. The Morgan fingerprint density at radius 1 is 1.08 bits per heavy atom. The second-order valence-electron chi connectivity index (χ2n) is 5.72. The molecule has 0 aliphatic carbocycles. The highest BCUT2D eigenvalue weighted by Crippen LogP contribution is 2.25. The molecule has 2 aromatic carbocycles. The van der Waals surface area contributed by atoms with Gasteiger partial charge >= 0.3 is 0 Å². The predicted octanol–water partition coefficient (Wildman–Crippen LogP) is 3.82. The Bertz CT molecular complexity index is 739. The van der Waals surface area contributed by atoms with Crippen LogP contribution in [0.4, 0.5) is 15.8 Å². The van der Waals surface area contributed by atoms with Crippen molar-refractivity contribution in [1.29, 1.82) is 0 Å². The number of hydrogen-bond acceptors (Lipinski definition) is 2. The van der Waals surface area contributed by atoms with Gasteiger partial charge in [-0.2, -0.15) is 0 Å². The summed E-state index contributed by atoms with van der Waals surface area (Å²) in [6.45, 7) is 5.62. The molecule has 24 heavy (non-hydrogen) atoms. The van der Waals surface area contributed by atoms with Gasteiger partial charge in [0.05, 0.1) is 0 Å². The Labute approximate surface area is 141 Å². The van der Waals surface area contributed by atoms with Gasteiger partial charge < -0.3 is 10.2 Å². The highest BCUT2D eigenvalue weighted by atomic mass is 19.1. The molecule has 1 N–H and O–H groups in total. The molecule has 0 heterocycles. The number of hydrogen-bond donors (Lipinski definition) is 1. The Kier molecular flexibility index (Phi) is 5.68. The summed E-state index contributed by atoms with van der Waals surface area (Å²) in [5, 5.41) is 2.64. The molecular weight excluding hydrogens is 307 g/mol. The van der Waals surface area contributed by atoms with E-state index in [1.54, 1.807) is 11.0 Å². The second-order valence-corrected chi connectivity index (χ2v) is 5.72. The fourth-order valence-electron chi connectivity index (χ4n) is 2.66. The Morgan fingerprint density at radius 2 is 1.71 bits per heavy atom. The normalized spacial score (nSPS) is 10.3. The van der Waals surface area contributed by atoms with E-state index >= 15 is 0 Å². The number of carbonyl (C=O) groups excluding carboxylic acids is 2. The third kappa shape index (κ3) is 4.41. The van der Waals surface area contributed by atoms with Crippen LogP contribution in [0.1, 0.15) is 24.5 Å². The van der Waals surface area contributed by atoms with Crippen molar-refractivity contribution in [3.05, 3.63) is 59.4 Å². The molecule has 2 aromatic rings. The third-order valence-electron chi connectivity index (χ3n) is 3.76. The SMILES string of the molecule is CC(=O)N(CCC(=O)Nc1cccc(F)c1)c1c(C)cccc1C. The molecule has 0 aliphatic rings. The van der Waals surface area contributed by atoms with Gasteiger partial charge in [-0.05, 0) is 43.2 Å². The van der Waals surface area contributed by atoms with Crippen LogP contribution in [0.15, 0.2) is 42.5 Å². The number of nitrogens with one attached hydrogen (secondary N) is 1. The van der Waals surface area contributed by atoms with Crippen LogP contribution in [0.25, 0.3) is 0 Å². The Balaban J connectivity index is 2.07. The van der Waals surface area contributed by atoms with Crippen LogP contribution in [-0.4, -0.2) is 18.4 Å². The van der Waals surface area contributed by atoms with Crippen LogP contribution in [-0.2, 0) is 9.59 Å². The number of amides is 2. The maximum absolute atomic E-state index is 13.1. The van der Waals surface area contributed by atoms with Crippen LogP contribution < -0.4 is 10.2 Å². The summed E-state index contributed by atoms with van der Waals surface area (Å²) in [6, 6.07) is 11.5. The van der Waals surface area contributed by atoms with Gasteiger partial charge in [0.1, 0.15) is 5.82 Å². The molecule has 0 fully saturated rings. The second kappa shape index (κ2) is 7.73. The number of anilines is 2. The third-order valence-corrected chi connectivity index (χ3v) is 3.76. The zero-order valence-corrected chi connectivity index (χ0v) is 14.1. The minimum Gasteiger partial charge on any atom is -0.326 e. The Hall–Kier alpha value is -2.69. The molecule has 0 saturated carbocycles. The quantitative estimate of drug-likeness (QED) is 0.907. The average molecular weight is 328 g/mol. The number of benzene rings is 2. The van der Waals surface area contributed by atoms with Gasteiger partial charge in [-0.3, -0.25) is 9.59 Å². The van der Waals surface area contributed by atoms with Crippen molar-refractivity contribution in [2.45, 2.75) is 27.2 Å². The van der Waals surface area contributed by atoms with Crippen LogP contribution in [0, 0.1) is 19.7 Å². The molecular formula is C19H21FN2O2. The first-order chi connectivity index (χ1) is 11.4. The van der Waals surface area contributed by atoms with Gasteiger partial charge in [-0.1, -0.05) is 24.3 Å². The first kappa shape index (κ1) is 17.7. The van der Waals surface area contributed by atoms with Crippen molar-refractivity contribution in [1.82, 2.24) is 0 Å². The topological polar surface area (TPSA) is 49.4 Å². The zero-order chi connectivity index (χ0) is 17.7. The predicted molar refractivity (Wildman–Crippen MR) is 93.6 cm³/mol. The highest BCUT2D eigenvalue weighted by Gasteiger charge is 2.17. The minimum absolute atomic E-state index is 0.119. The highest BCUT2D eigenvalue weighted by molar-refractivity contribution is 5.95.